The second-order valence-electron chi connectivity index (χ2n) is 5.73. The maximum atomic E-state index is 13.4. The van der Waals surface area contributed by atoms with Gasteiger partial charge >= 0.3 is 0 Å². The summed E-state index contributed by atoms with van der Waals surface area (Å²) in [6.07, 6.45) is 2.51. The predicted molar refractivity (Wildman–Crippen MR) is 90.8 cm³/mol. The second kappa shape index (κ2) is 7.33. The highest BCUT2D eigenvalue weighted by molar-refractivity contribution is 5.78. The maximum Gasteiger partial charge on any atom is 0.257 e. The van der Waals surface area contributed by atoms with E-state index in [2.05, 4.69) is 15.5 Å². The van der Waals surface area contributed by atoms with E-state index < -0.39 is 5.82 Å². The van der Waals surface area contributed by atoms with Gasteiger partial charge in [-0.15, -0.1) is 0 Å². The highest BCUT2D eigenvalue weighted by atomic mass is 19.1. The van der Waals surface area contributed by atoms with Gasteiger partial charge in [0.15, 0.2) is 18.2 Å². The van der Waals surface area contributed by atoms with Gasteiger partial charge in [-0.2, -0.15) is 10.2 Å². The number of carbonyl (C=O) groups excluding carboxylic acids is 1. The molecular weight excluding hydrogens is 325 g/mol. The van der Waals surface area contributed by atoms with E-state index in [1.807, 2.05) is 18.7 Å². The monoisotopic (exact) mass is 345 g/mol. The van der Waals surface area contributed by atoms with Crippen molar-refractivity contribution < 1.29 is 13.9 Å². The number of nitrogens with one attached hydrogen (secondary N) is 1. The summed E-state index contributed by atoms with van der Waals surface area (Å²) in [7, 11) is 1.89. The Balaban J connectivity index is 1.43. The first-order chi connectivity index (χ1) is 12.1. The number of rotatable bonds is 7. The Labute approximate surface area is 144 Å². The predicted octanol–water partition coefficient (Wildman–Crippen LogP) is 1.80. The van der Waals surface area contributed by atoms with Crippen LogP contribution in [-0.2, 0) is 18.4 Å². The van der Waals surface area contributed by atoms with Crippen LogP contribution in [0.25, 0.3) is 11.0 Å². The maximum absolute atomic E-state index is 13.4. The van der Waals surface area contributed by atoms with E-state index in [-0.39, 0.29) is 18.3 Å². The van der Waals surface area contributed by atoms with Crippen LogP contribution in [0, 0.1) is 12.7 Å². The molecule has 0 saturated carbocycles. The van der Waals surface area contributed by atoms with Crippen molar-refractivity contribution in [3.8, 4) is 5.75 Å². The van der Waals surface area contributed by atoms with E-state index >= 15 is 0 Å². The molecule has 1 aromatic carbocycles. The van der Waals surface area contributed by atoms with E-state index in [0.29, 0.717) is 13.1 Å². The fourth-order valence-corrected chi connectivity index (χ4v) is 2.69. The van der Waals surface area contributed by atoms with Gasteiger partial charge in [-0.05, 0) is 25.5 Å². The Morgan fingerprint density at radius 1 is 1.36 bits per heavy atom. The molecule has 1 amide bonds. The van der Waals surface area contributed by atoms with Crippen molar-refractivity contribution in [2.24, 2.45) is 7.05 Å². The van der Waals surface area contributed by atoms with Gasteiger partial charge in [0.05, 0.1) is 11.9 Å². The molecule has 8 heteroatoms. The third-order valence-electron chi connectivity index (χ3n) is 3.88. The molecule has 0 bridgehead atoms. The number of hydrogen-bond donors (Lipinski definition) is 1. The molecule has 0 aliphatic heterocycles. The zero-order valence-corrected chi connectivity index (χ0v) is 14.2. The third-order valence-corrected chi connectivity index (χ3v) is 3.88. The number of halogens is 1. The molecule has 3 aromatic rings. The lowest BCUT2D eigenvalue weighted by molar-refractivity contribution is -0.123. The Kier molecular flexibility index (Phi) is 4.97. The number of amides is 1. The van der Waals surface area contributed by atoms with Gasteiger partial charge < -0.3 is 10.1 Å². The molecule has 0 fully saturated rings. The Morgan fingerprint density at radius 2 is 2.16 bits per heavy atom. The first kappa shape index (κ1) is 16.9. The topological polar surface area (TPSA) is 74.0 Å². The molecular formula is C17H20FN5O2. The van der Waals surface area contributed by atoms with E-state index in [0.717, 1.165) is 23.1 Å². The summed E-state index contributed by atoms with van der Waals surface area (Å²) < 4.78 is 22.2. The number of hydrogen-bond acceptors (Lipinski definition) is 4. The van der Waals surface area contributed by atoms with Gasteiger partial charge in [0.1, 0.15) is 11.0 Å². The second-order valence-corrected chi connectivity index (χ2v) is 5.73. The van der Waals surface area contributed by atoms with Crippen molar-refractivity contribution >= 4 is 16.9 Å². The third kappa shape index (κ3) is 3.78. The minimum Gasteiger partial charge on any atom is -0.481 e. The van der Waals surface area contributed by atoms with Crippen LogP contribution in [0.1, 0.15) is 12.1 Å². The van der Waals surface area contributed by atoms with Crippen LogP contribution in [-0.4, -0.2) is 38.6 Å². The summed E-state index contributed by atoms with van der Waals surface area (Å²) in [5.74, 6) is -0.695. The van der Waals surface area contributed by atoms with Crippen LogP contribution in [0.15, 0.2) is 30.5 Å². The first-order valence-electron chi connectivity index (χ1n) is 8.05. The van der Waals surface area contributed by atoms with Crippen molar-refractivity contribution in [3.63, 3.8) is 0 Å². The summed E-state index contributed by atoms with van der Waals surface area (Å²) in [6.45, 7) is 2.89. The standard InChI is InChI=1S/C17H20FN5O2/c1-12-17-14(22(2)21-12)10-20-23(17)9-5-8-19-16(24)11-25-15-7-4-3-6-13(15)18/h3-4,6-7,10H,5,8-9,11H2,1-2H3,(H,19,24). The molecule has 0 radical (unpaired) electrons. The minimum absolute atomic E-state index is 0.0728. The number of carbonyl (C=O) groups is 1. The van der Waals surface area contributed by atoms with Crippen LogP contribution < -0.4 is 10.1 Å². The molecule has 0 spiro atoms. The van der Waals surface area contributed by atoms with Crippen LogP contribution in [0.4, 0.5) is 4.39 Å². The average molecular weight is 345 g/mol. The van der Waals surface area contributed by atoms with Crippen molar-refractivity contribution in [2.75, 3.05) is 13.2 Å². The largest absolute Gasteiger partial charge is 0.481 e. The van der Waals surface area contributed by atoms with E-state index in [1.54, 1.807) is 23.0 Å². The van der Waals surface area contributed by atoms with Crippen LogP contribution in [0.3, 0.4) is 0 Å². The zero-order chi connectivity index (χ0) is 17.8. The Morgan fingerprint density at radius 3 is 2.96 bits per heavy atom. The summed E-state index contributed by atoms with van der Waals surface area (Å²) in [5, 5.41) is 11.5. The minimum atomic E-state index is -0.482. The molecule has 7 nitrogen and oxygen atoms in total. The molecule has 1 N–H and O–H groups in total. The first-order valence-corrected chi connectivity index (χ1v) is 8.05. The van der Waals surface area contributed by atoms with Gasteiger partial charge in [0, 0.05) is 20.1 Å². The van der Waals surface area contributed by atoms with Crippen molar-refractivity contribution in [3.05, 3.63) is 42.0 Å². The summed E-state index contributed by atoms with van der Waals surface area (Å²) >= 11 is 0. The number of ether oxygens (including phenoxy) is 1. The molecule has 132 valence electrons. The van der Waals surface area contributed by atoms with Gasteiger partial charge in [-0.1, -0.05) is 12.1 Å². The van der Waals surface area contributed by atoms with Gasteiger partial charge in [-0.25, -0.2) is 4.39 Å². The smallest absolute Gasteiger partial charge is 0.257 e. The molecule has 25 heavy (non-hydrogen) atoms. The molecule has 0 aliphatic rings. The molecule has 2 aromatic heterocycles. The fraction of sp³-hybridized carbons (Fsp3) is 0.353. The normalized spacial score (nSPS) is 11.0. The van der Waals surface area contributed by atoms with Crippen LogP contribution in [0.2, 0.25) is 0 Å². The van der Waals surface area contributed by atoms with E-state index in [9.17, 15) is 9.18 Å². The van der Waals surface area contributed by atoms with E-state index in [1.165, 1.54) is 12.1 Å². The number of aromatic nitrogens is 4. The number of nitrogens with zero attached hydrogens (tertiary/aromatic N) is 4. The zero-order valence-electron chi connectivity index (χ0n) is 14.2. The number of fused-ring (bicyclic) bond motifs is 1. The lowest BCUT2D eigenvalue weighted by Gasteiger charge is -2.08. The van der Waals surface area contributed by atoms with Crippen molar-refractivity contribution in [1.82, 2.24) is 24.9 Å². The quantitative estimate of drug-likeness (QED) is 0.663. The SMILES string of the molecule is Cc1nn(C)c2cnn(CCCNC(=O)COc3ccccc3F)c12. The number of para-hydroxylation sites is 1. The fourth-order valence-electron chi connectivity index (χ4n) is 2.69. The van der Waals surface area contributed by atoms with Crippen molar-refractivity contribution in [1.29, 1.82) is 0 Å². The average Bonchev–Trinajstić information content (AvgIpc) is 3.13. The lowest BCUT2D eigenvalue weighted by Crippen LogP contribution is -2.30. The molecule has 0 aliphatic carbocycles. The van der Waals surface area contributed by atoms with Gasteiger partial charge in [-0.3, -0.25) is 14.2 Å². The van der Waals surface area contributed by atoms with Crippen LogP contribution >= 0.6 is 0 Å². The summed E-state index contributed by atoms with van der Waals surface area (Å²) in [6, 6.07) is 6.00. The Hall–Kier alpha value is -2.90. The van der Waals surface area contributed by atoms with Crippen LogP contribution in [0.5, 0.6) is 5.75 Å². The molecule has 2 heterocycles. The van der Waals surface area contributed by atoms with E-state index in [4.69, 9.17) is 4.74 Å². The molecule has 0 unspecified atom stereocenters. The summed E-state index contributed by atoms with van der Waals surface area (Å²) in [5.41, 5.74) is 2.92. The summed E-state index contributed by atoms with van der Waals surface area (Å²) in [4.78, 5) is 11.8. The molecule has 3 rings (SSSR count). The molecule has 0 atom stereocenters. The van der Waals surface area contributed by atoms with Gasteiger partial charge in [0.2, 0.25) is 0 Å². The number of aryl methyl sites for hydroxylation is 3. The lowest BCUT2D eigenvalue weighted by atomic mass is 10.3. The highest BCUT2D eigenvalue weighted by Crippen LogP contribution is 2.17. The highest BCUT2D eigenvalue weighted by Gasteiger charge is 2.11. The van der Waals surface area contributed by atoms with Gasteiger partial charge in [0.25, 0.3) is 5.91 Å². The molecule has 0 saturated heterocycles. The van der Waals surface area contributed by atoms with Crippen molar-refractivity contribution in [2.45, 2.75) is 19.9 Å². The Bertz CT molecular complexity index is 886. The number of benzene rings is 1.